The lowest BCUT2D eigenvalue weighted by Crippen LogP contribution is -2.38. The topological polar surface area (TPSA) is 101 Å². The number of nitrogens with one attached hydrogen (secondary N) is 1. The van der Waals surface area contributed by atoms with Gasteiger partial charge in [0.25, 0.3) is 0 Å². The Bertz CT molecular complexity index is 569. The molecule has 1 unspecified atom stereocenters. The monoisotopic (exact) mass is 321 g/mol. The second-order valence-electron chi connectivity index (χ2n) is 5.24. The van der Waals surface area contributed by atoms with Crippen LogP contribution in [0, 0.1) is 0 Å². The molecular weight excluding hydrogens is 307 g/mol. The van der Waals surface area contributed by atoms with Gasteiger partial charge in [-0.2, -0.15) is 13.2 Å². The number of carbonyl (C=O) groups excluding carboxylic acids is 1. The van der Waals surface area contributed by atoms with Crippen LogP contribution in [0.15, 0.2) is 12.4 Å². The Kier molecular flexibility index (Phi) is 4.94. The van der Waals surface area contributed by atoms with Gasteiger partial charge < -0.3 is 15.2 Å². The van der Waals surface area contributed by atoms with Crippen LogP contribution in [0.25, 0.3) is 0 Å². The van der Waals surface area contributed by atoms with E-state index in [1.54, 1.807) is 20.8 Å². The minimum atomic E-state index is -4.76. The predicted octanol–water partition coefficient (Wildman–Crippen LogP) is 2.15. The zero-order chi connectivity index (χ0) is 17.1. The van der Waals surface area contributed by atoms with Crippen molar-refractivity contribution in [3.8, 4) is 0 Å². The number of carboxylic acids is 1. The van der Waals surface area contributed by atoms with Crippen molar-refractivity contribution in [2.24, 2.45) is 0 Å². The molecule has 2 N–H and O–H groups in total. The Morgan fingerprint density at radius 2 is 1.86 bits per heavy atom. The Labute approximate surface area is 123 Å². The third-order valence-corrected chi connectivity index (χ3v) is 2.18. The van der Waals surface area contributed by atoms with Crippen molar-refractivity contribution in [3.05, 3.63) is 23.8 Å². The van der Waals surface area contributed by atoms with E-state index in [4.69, 9.17) is 9.84 Å². The van der Waals surface area contributed by atoms with Crippen LogP contribution >= 0.6 is 0 Å². The molecule has 1 atom stereocenters. The molecule has 0 spiro atoms. The van der Waals surface area contributed by atoms with Crippen LogP contribution in [0.3, 0.4) is 0 Å². The summed E-state index contributed by atoms with van der Waals surface area (Å²) in [6, 6.07) is -1.34. The average Bonchev–Trinajstić information content (AvgIpc) is 2.32. The molecule has 0 aliphatic heterocycles. The normalized spacial score (nSPS) is 13.4. The predicted molar refractivity (Wildman–Crippen MR) is 66.8 cm³/mol. The van der Waals surface area contributed by atoms with Gasteiger partial charge in [0.05, 0.1) is 5.69 Å². The van der Waals surface area contributed by atoms with Gasteiger partial charge in [0, 0.05) is 0 Å². The number of aliphatic carboxylic acids is 1. The minimum absolute atomic E-state index is 0.455. The minimum Gasteiger partial charge on any atom is -0.479 e. The Morgan fingerprint density at radius 1 is 1.27 bits per heavy atom. The van der Waals surface area contributed by atoms with E-state index in [-0.39, 0.29) is 0 Å². The van der Waals surface area contributed by atoms with Gasteiger partial charge in [0.2, 0.25) is 0 Å². The van der Waals surface area contributed by atoms with Gasteiger partial charge in [-0.05, 0) is 26.8 Å². The van der Waals surface area contributed by atoms with Crippen LogP contribution in [-0.2, 0) is 15.7 Å². The molecule has 1 aromatic heterocycles. The summed E-state index contributed by atoms with van der Waals surface area (Å²) in [5.41, 5.74) is -2.72. The number of amides is 1. The van der Waals surface area contributed by atoms with Gasteiger partial charge in [-0.25, -0.2) is 19.6 Å². The summed E-state index contributed by atoms with van der Waals surface area (Å²) in [4.78, 5) is 29.2. The fraction of sp³-hybridized carbons (Fsp3) is 0.500. The lowest BCUT2D eigenvalue weighted by atomic mass is 10.1. The van der Waals surface area contributed by atoms with Gasteiger partial charge in [0.1, 0.15) is 17.6 Å². The van der Waals surface area contributed by atoms with Crippen LogP contribution in [0.4, 0.5) is 18.0 Å². The number of aromatic nitrogens is 2. The third-order valence-electron chi connectivity index (χ3n) is 2.18. The molecule has 22 heavy (non-hydrogen) atoms. The molecule has 0 aliphatic rings. The number of alkyl carbamates (subject to hydrolysis) is 1. The molecule has 10 heteroatoms. The van der Waals surface area contributed by atoms with Crippen LogP contribution in [-0.4, -0.2) is 32.7 Å². The van der Waals surface area contributed by atoms with Crippen molar-refractivity contribution < 1.29 is 32.6 Å². The van der Waals surface area contributed by atoms with Gasteiger partial charge in [-0.3, -0.25) is 0 Å². The lowest BCUT2D eigenvalue weighted by molar-refractivity contribution is -0.142. The Hall–Kier alpha value is -2.39. The summed E-state index contributed by atoms with van der Waals surface area (Å²) in [7, 11) is 0. The zero-order valence-corrected chi connectivity index (χ0v) is 11.9. The SMILES string of the molecule is CC(C)(C)OC(=O)NC(C(=O)O)c1cc(C(F)(F)F)ncn1. The molecule has 1 rings (SSSR count). The maximum absolute atomic E-state index is 12.6. The summed E-state index contributed by atoms with van der Waals surface area (Å²) in [5.74, 6) is -1.59. The molecule has 0 saturated carbocycles. The Balaban J connectivity index is 3.02. The first-order chi connectivity index (χ1) is 9.90. The molecule has 1 aromatic rings. The van der Waals surface area contributed by atoms with Crippen molar-refractivity contribution in [3.63, 3.8) is 0 Å². The quantitative estimate of drug-likeness (QED) is 0.884. The largest absolute Gasteiger partial charge is 0.479 e. The number of rotatable bonds is 3. The van der Waals surface area contributed by atoms with Crippen molar-refractivity contribution in [1.82, 2.24) is 15.3 Å². The van der Waals surface area contributed by atoms with E-state index in [1.807, 2.05) is 5.32 Å². The number of hydrogen-bond donors (Lipinski definition) is 2. The van der Waals surface area contributed by atoms with E-state index in [0.717, 1.165) is 0 Å². The molecular formula is C12H14F3N3O4. The smallest absolute Gasteiger partial charge is 0.433 e. The van der Waals surface area contributed by atoms with E-state index in [2.05, 4.69) is 9.97 Å². The number of hydrogen-bond acceptors (Lipinski definition) is 5. The third kappa shape index (κ3) is 5.19. The highest BCUT2D eigenvalue weighted by Gasteiger charge is 2.35. The van der Waals surface area contributed by atoms with Crippen LogP contribution < -0.4 is 5.32 Å². The average molecular weight is 321 g/mol. The molecule has 0 fully saturated rings. The molecule has 7 nitrogen and oxygen atoms in total. The van der Waals surface area contributed by atoms with Crippen LogP contribution in [0.5, 0.6) is 0 Å². The van der Waals surface area contributed by atoms with Crippen molar-refractivity contribution in [1.29, 1.82) is 0 Å². The van der Waals surface area contributed by atoms with Crippen LogP contribution in [0.2, 0.25) is 0 Å². The highest BCUT2D eigenvalue weighted by Crippen LogP contribution is 2.28. The maximum atomic E-state index is 12.6. The highest BCUT2D eigenvalue weighted by atomic mass is 19.4. The first kappa shape index (κ1) is 17.7. The van der Waals surface area contributed by atoms with Crippen molar-refractivity contribution in [2.75, 3.05) is 0 Å². The molecule has 0 radical (unpaired) electrons. The maximum Gasteiger partial charge on any atom is 0.433 e. The lowest BCUT2D eigenvalue weighted by Gasteiger charge is -2.22. The van der Waals surface area contributed by atoms with E-state index in [0.29, 0.717) is 12.4 Å². The first-order valence-corrected chi connectivity index (χ1v) is 6.01. The molecule has 0 bridgehead atoms. The second-order valence-corrected chi connectivity index (χ2v) is 5.24. The summed E-state index contributed by atoms with van der Waals surface area (Å²) in [6.45, 7) is 4.65. The molecule has 1 heterocycles. The van der Waals surface area contributed by atoms with E-state index < -0.39 is 41.3 Å². The first-order valence-electron chi connectivity index (χ1n) is 6.01. The molecule has 0 saturated heterocycles. The number of ether oxygens (including phenoxy) is 1. The van der Waals surface area contributed by atoms with Gasteiger partial charge in [-0.15, -0.1) is 0 Å². The van der Waals surface area contributed by atoms with E-state index in [1.165, 1.54) is 0 Å². The summed E-state index contributed by atoms with van der Waals surface area (Å²) >= 11 is 0. The Morgan fingerprint density at radius 3 is 2.32 bits per heavy atom. The number of alkyl halides is 3. The summed E-state index contributed by atoms with van der Waals surface area (Å²) < 4.78 is 42.6. The zero-order valence-electron chi connectivity index (χ0n) is 11.9. The highest BCUT2D eigenvalue weighted by molar-refractivity contribution is 5.81. The van der Waals surface area contributed by atoms with Crippen molar-refractivity contribution >= 4 is 12.1 Å². The number of carbonyl (C=O) groups is 2. The second kappa shape index (κ2) is 6.16. The number of halogens is 3. The van der Waals surface area contributed by atoms with Gasteiger partial charge >= 0.3 is 18.2 Å². The van der Waals surface area contributed by atoms with Gasteiger partial charge in [-0.1, -0.05) is 0 Å². The number of carboxylic acid groups (broad SMARTS) is 1. The van der Waals surface area contributed by atoms with E-state index in [9.17, 15) is 22.8 Å². The van der Waals surface area contributed by atoms with Gasteiger partial charge in [0.15, 0.2) is 6.04 Å². The molecule has 122 valence electrons. The number of nitrogens with zero attached hydrogens (tertiary/aromatic N) is 2. The summed E-state index contributed by atoms with van der Waals surface area (Å²) in [5, 5.41) is 11.0. The summed E-state index contributed by atoms with van der Waals surface area (Å²) in [6.07, 6.45) is -5.27. The molecule has 0 aromatic carbocycles. The van der Waals surface area contributed by atoms with Crippen molar-refractivity contribution in [2.45, 2.75) is 38.6 Å². The fourth-order valence-electron chi connectivity index (χ4n) is 1.37. The fourth-order valence-corrected chi connectivity index (χ4v) is 1.37. The standard InChI is InChI=1S/C12H14F3N3O4/c1-11(2,3)22-10(21)18-8(9(19)20)6-4-7(12(13,14)15)17-5-16-6/h4-5,8H,1-3H3,(H,18,21)(H,19,20). The van der Waals surface area contributed by atoms with E-state index >= 15 is 0 Å². The molecule has 1 amide bonds. The molecule has 0 aliphatic carbocycles. The van der Waals surface area contributed by atoms with Crippen LogP contribution in [0.1, 0.15) is 38.2 Å².